The molecule has 1 aromatic heterocycles. The molecule has 0 aliphatic heterocycles. The summed E-state index contributed by atoms with van der Waals surface area (Å²) in [5.74, 6) is -1.26. The number of phenols is 1. The Morgan fingerprint density at radius 2 is 2.00 bits per heavy atom. The van der Waals surface area contributed by atoms with Crippen LogP contribution in [0.2, 0.25) is 0 Å². The molecule has 2 aliphatic rings. The lowest BCUT2D eigenvalue weighted by molar-refractivity contribution is -0.207. The molecule has 0 spiro atoms. The van der Waals surface area contributed by atoms with Crippen LogP contribution in [-0.4, -0.2) is 72.6 Å². The van der Waals surface area contributed by atoms with Crippen LogP contribution in [0.5, 0.6) is 11.5 Å². The predicted octanol–water partition coefficient (Wildman–Crippen LogP) is 4.64. The normalized spacial score (nSPS) is 21.8. The summed E-state index contributed by atoms with van der Waals surface area (Å²) in [6.45, 7) is 2.78. The maximum absolute atomic E-state index is 12.7. The van der Waals surface area contributed by atoms with Crippen molar-refractivity contribution in [1.82, 2.24) is 15.2 Å². The summed E-state index contributed by atoms with van der Waals surface area (Å²) in [5.41, 5.74) is 2.66. The van der Waals surface area contributed by atoms with Crippen LogP contribution >= 0.6 is 11.3 Å². The first-order valence-corrected chi connectivity index (χ1v) is 15.2. The minimum absolute atomic E-state index is 0.00211. The molecule has 2 aliphatic carbocycles. The van der Waals surface area contributed by atoms with Crippen LogP contribution in [0.4, 0.5) is 13.2 Å². The van der Waals surface area contributed by atoms with Crippen molar-refractivity contribution in [2.24, 2.45) is 11.8 Å². The van der Waals surface area contributed by atoms with E-state index in [1.165, 1.54) is 0 Å². The Kier molecular flexibility index (Phi) is 9.44. The van der Waals surface area contributed by atoms with Crippen molar-refractivity contribution in [3.63, 3.8) is 0 Å². The van der Waals surface area contributed by atoms with E-state index in [-0.39, 0.29) is 28.5 Å². The Labute approximate surface area is 245 Å². The van der Waals surface area contributed by atoms with Gasteiger partial charge in [-0.15, -0.1) is 0 Å². The van der Waals surface area contributed by atoms with Crippen molar-refractivity contribution in [1.29, 1.82) is 0 Å². The van der Waals surface area contributed by atoms with E-state index in [2.05, 4.69) is 21.3 Å². The quantitative estimate of drug-likeness (QED) is 0.192. The van der Waals surface area contributed by atoms with Gasteiger partial charge in [0, 0.05) is 18.5 Å². The second-order valence-corrected chi connectivity index (χ2v) is 12.2. The number of aromatic amines is 1. The summed E-state index contributed by atoms with van der Waals surface area (Å²) in [6, 6.07) is 11.6. The zero-order valence-corrected chi connectivity index (χ0v) is 24.2. The highest BCUT2D eigenvalue weighted by Crippen LogP contribution is 2.48. The van der Waals surface area contributed by atoms with Crippen LogP contribution in [-0.2, 0) is 22.4 Å². The Morgan fingerprint density at radius 3 is 2.81 bits per heavy atom. The maximum Gasteiger partial charge on any atom is 0.490 e. The molecule has 228 valence electrons. The minimum Gasteiger partial charge on any atom is -0.506 e. The third kappa shape index (κ3) is 7.09. The Morgan fingerprint density at radius 1 is 1.19 bits per heavy atom. The van der Waals surface area contributed by atoms with Gasteiger partial charge in [0.05, 0.1) is 11.3 Å². The van der Waals surface area contributed by atoms with Crippen LogP contribution in [0.1, 0.15) is 36.8 Å². The average Bonchev–Trinajstić information content (AvgIpc) is 3.64. The molecule has 0 unspecified atom stereocenters. The van der Waals surface area contributed by atoms with Crippen molar-refractivity contribution >= 4 is 27.5 Å². The number of thiazole rings is 1. The number of carbonyl (C=O) groups excluding carboxylic acids is 1. The molecule has 42 heavy (non-hydrogen) atoms. The van der Waals surface area contributed by atoms with Crippen LogP contribution < -0.4 is 14.9 Å². The number of benzene rings is 2. The first-order chi connectivity index (χ1) is 20.1. The molecule has 0 amide bonds. The third-order valence-electron chi connectivity index (χ3n) is 8.46. The van der Waals surface area contributed by atoms with Crippen LogP contribution in [0, 0.1) is 11.8 Å². The van der Waals surface area contributed by atoms with Crippen LogP contribution in [0.25, 0.3) is 10.2 Å². The van der Waals surface area contributed by atoms with Gasteiger partial charge >= 0.3 is 17.0 Å². The van der Waals surface area contributed by atoms with Gasteiger partial charge in [-0.05, 0) is 93.9 Å². The summed E-state index contributed by atoms with van der Waals surface area (Å²) in [6.07, 6.45) is -0.927. The fraction of sp³-hybridized carbons (Fsp3) is 0.533. The molecule has 2 saturated carbocycles. The Hall–Kier alpha value is -3.09. The topological polar surface area (TPSA) is 104 Å². The number of nitrogens with zero attached hydrogens (tertiary/aromatic N) is 1. The summed E-state index contributed by atoms with van der Waals surface area (Å²) in [5, 5.41) is 13.4. The maximum atomic E-state index is 12.7. The molecule has 12 heteroatoms. The zero-order valence-electron chi connectivity index (χ0n) is 23.4. The highest BCUT2D eigenvalue weighted by molar-refractivity contribution is 7.16. The van der Waals surface area contributed by atoms with Gasteiger partial charge in [0.1, 0.15) is 23.1 Å². The SMILES string of the molecule is CN(CCCOc1cccc(CCNCCc2ccc(O)c3[nH]c(=O)sc23)c1)[C@H]1C[C@@H]2CC[C@H]1[C@@H]2OC(=O)C(F)(F)F. The van der Waals surface area contributed by atoms with Gasteiger partial charge in [0.15, 0.2) is 0 Å². The third-order valence-corrected chi connectivity index (χ3v) is 9.42. The number of phenolic OH excluding ortho intramolecular Hbond substituents is 1. The summed E-state index contributed by atoms with van der Waals surface area (Å²) in [7, 11) is 1.98. The van der Waals surface area contributed by atoms with Gasteiger partial charge in [-0.3, -0.25) is 4.79 Å². The van der Waals surface area contributed by atoms with Crippen LogP contribution in [0.3, 0.4) is 0 Å². The van der Waals surface area contributed by atoms with Crippen molar-refractivity contribution in [2.75, 3.05) is 33.3 Å². The number of esters is 1. The van der Waals surface area contributed by atoms with Gasteiger partial charge in [-0.1, -0.05) is 29.5 Å². The van der Waals surface area contributed by atoms with Gasteiger partial charge in [0.25, 0.3) is 0 Å². The van der Waals surface area contributed by atoms with Gasteiger partial charge in [0.2, 0.25) is 0 Å². The number of ether oxygens (including phenoxy) is 2. The lowest BCUT2D eigenvalue weighted by Crippen LogP contribution is -2.39. The number of rotatable bonds is 13. The molecule has 2 fully saturated rings. The number of H-pyrrole nitrogens is 1. The van der Waals surface area contributed by atoms with E-state index in [1.54, 1.807) is 6.07 Å². The lowest BCUT2D eigenvalue weighted by atomic mass is 9.94. The average molecular weight is 608 g/mol. The molecule has 4 atom stereocenters. The van der Waals surface area contributed by atoms with E-state index >= 15 is 0 Å². The van der Waals surface area contributed by atoms with E-state index in [0.29, 0.717) is 12.1 Å². The second kappa shape index (κ2) is 13.0. The number of alkyl halides is 3. The highest BCUT2D eigenvalue weighted by atomic mass is 32.1. The monoisotopic (exact) mass is 607 g/mol. The van der Waals surface area contributed by atoms with Crippen molar-refractivity contribution in [2.45, 2.75) is 56.8 Å². The number of nitrogens with one attached hydrogen (secondary N) is 2. The number of fused-ring (bicyclic) bond motifs is 3. The molecule has 0 radical (unpaired) electrons. The number of aromatic nitrogens is 1. The first-order valence-electron chi connectivity index (χ1n) is 14.3. The summed E-state index contributed by atoms with van der Waals surface area (Å²) in [4.78, 5) is 27.7. The molecule has 8 nitrogen and oxygen atoms in total. The van der Waals surface area contributed by atoms with Crippen LogP contribution in [0.15, 0.2) is 41.2 Å². The molecule has 0 saturated heterocycles. The molecular formula is C30H36F3N3O5S. The van der Waals surface area contributed by atoms with Gasteiger partial charge in [-0.25, -0.2) is 4.79 Å². The first kappa shape index (κ1) is 30.4. The highest BCUT2D eigenvalue weighted by Gasteiger charge is 2.54. The smallest absolute Gasteiger partial charge is 0.490 e. The standard InChI is InChI=1S/C30H36F3N3O5S/c1-36(23-17-20-6-8-22(23)26(20)41-28(38)30(31,32)33)14-3-15-40-21-5-2-4-18(16-21)10-12-34-13-11-19-7-9-24(37)25-27(19)42-29(39)35-25/h2,4-5,7,9,16,20,22-23,26,34,37H,3,6,8,10-15,17H2,1H3,(H,35,39)/t20-,22+,23-,26+/m0/s1. The summed E-state index contributed by atoms with van der Waals surface area (Å²) < 4.78 is 49.7. The number of aromatic hydroxyl groups is 1. The molecule has 2 bridgehead atoms. The summed E-state index contributed by atoms with van der Waals surface area (Å²) >= 11 is 1.11. The van der Waals surface area contributed by atoms with Crippen molar-refractivity contribution in [3.8, 4) is 11.5 Å². The Bertz CT molecular complexity index is 1440. The van der Waals surface area contributed by atoms with Gasteiger partial charge < -0.3 is 29.8 Å². The fourth-order valence-corrected chi connectivity index (χ4v) is 7.32. The largest absolute Gasteiger partial charge is 0.506 e. The second-order valence-electron chi connectivity index (χ2n) is 11.2. The lowest BCUT2D eigenvalue weighted by Gasteiger charge is -2.31. The van der Waals surface area contributed by atoms with Crippen molar-refractivity contribution < 1.29 is 32.5 Å². The number of hydrogen-bond acceptors (Lipinski definition) is 8. The minimum atomic E-state index is -4.95. The zero-order chi connectivity index (χ0) is 29.9. The van der Waals surface area contributed by atoms with E-state index < -0.39 is 18.2 Å². The predicted molar refractivity (Wildman–Crippen MR) is 154 cm³/mol. The van der Waals surface area contributed by atoms with E-state index in [0.717, 1.165) is 91.1 Å². The van der Waals surface area contributed by atoms with E-state index in [4.69, 9.17) is 9.47 Å². The van der Waals surface area contributed by atoms with E-state index in [9.17, 15) is 27.9 Å². The number of halogens is 3. The fourth-order valence-electron chi connectivity index (χ4n) is 6.43. The van der Waals surface area contributed by atoms with E-state index in [1.807, 2.05) is 31.3 Å². The molecule has 3 N–H and O–H groups in total. The number of hydrogen-bond donors (Lipinski definition) is 3. The Balaban J connectivity index is 1.00. The molecule has 1 heterocycles. The number of carbonyl (C=O) groups is 1. The molecule has 2 aromatic carbocycles. The molecule has 5 rings (SSSR count). The molecule has 3 aromatic rings. The van der Waals surface area contributed by atoms with Gasteiger partial charge in [-0.2, -0.15) is 13.2 Å². The molecular weight excluding hydrogens is 571 g/mol. The van der Waals surface area contributed by atoms with Crippen molar-refractivity contribution in [3.05, 3.63) is 57.2 Å².